The van der Waals surface area contributed by atoms with Crippen molar-refractivity contribution < 1.29 is 51.8 Å². The Morgan fingerprint density at radius 2 is 1.88 bits per heavy atom. The predicted molar refractivity (Wildman–Crippen MR) is 277 cm³/mol. The van der Waals surface area contributed by atoms with E-state index in [-0.39, 0.29) is 68.5 Å². The zero-order chi connectivity index (χ0) is 51.8. The van der Waals surface area contributed by atoms with E-state index in [0.717, 1.165) is 37.3 Å². The smallest absolute Gasteiger partial charge is 0.345 e. The largest absolute Gasteiger partial charge is 0.490 e. The first-order valence-corrected chi connectivity index (χ1v) is 26.0. The Kier molecular flexibility index (Phi) is 17.2. The van der Waals surface area contributed by atoms with Gasteiger partial charge >= 0.3 is 5.97 Å². The van der Waals surface area contributed by atoms with Gasteiger partial charge in [-0.2, -0.15) is 0 Å². The summed E-state index contributed by atoms with van der Waals surface area (Å²) >= 11 is 8.63. The van der Waals surface area contributed by atoms with E-state index >= 15 is 4.39 Å². The van der Waals surface area contributed by atoms with Crippen molar-refractivity contribution in [3.63, 3.8) is 0 Å². The van der Waals surface area contributed by atoms with Crippen molar-refractivity contribution in [2.75, 3.05) is 79.4 Å². The molecule has 0 spiro atoms. The Bertz CT molecular complexity index is 2950. The number of terminal acetylenes is 1. The number of alkyl halides is 1. The lowest BCUT2D eigenvalue weighted by Crippen LogP contribution is -2.48. The molecule has 1 N–H and O–H groups in total. The fraction of sp³-hybridized carbons (Fsp3) is 0.436. The molecule has 5 aromatic rings. The molecule has 390 valence electrons. The quantitative estimate of drug-likeness (QED) is 0.111. The zero-order valence-electron chi connectivity index (χ0n) is 41.6. The lowest BCUT2D eigenvalue weighted by Gasteiger charge is -2.34. The first-order valence-electron chi connectivity index (χ1n) is 24.8. The Balaban J connectivity index is 1.05. The number of carbonyl (C=O) groups is 1. The number of carboxylic acids is 1. The van der Waals surface area contributed by atoms with Crippen LogP contribution in [0.2, 0.25) is 0 Å². The van der Waals surface area contributed by atoms with Crippen LogP contribution in [0.15, 0.2) is 83.5 Å². The molecule has 6 heterocycles. The topological polar surface area (TPSA) is 160 Å². The van der Waals surface area contributed by atoms with Crippen LogP contribution >= 0.6 is 22.9 Å². The molecule has 3 aliphatic heterocycles. The molecule has 2 saturated heterocycles. The molecule has 0 radical (unpaired) electrons. The predicted octanol–water partition coefficient (Wildman–Crippen LogP) is 8.94. The van der Waals surface area contributed by atoms with Crippen LogP contribution in [0.4, 0.5) is 8.78 Å². The van der Waals surface area contributed by atoms with E-state index in [9.17, 15) is 14.3 Å². The minimum Gasteiger partial charge on any atom is -0.490 e. The molecule has 2 bridgehead atoms. The fourth-order valence-electron chi connectivity index (χ4n) is 9.42. The molecule has 74 heavy (non-hydrogen) atoms. The minimum atomic E-state index is -1.53. The van der Waals surface area contributed by atoms with Crippen LogP contribution in [0.3, 0.4) is 0 Å². The summed E-state index contributed by atoms with van der Waals surface area (Å²) in [5, 5.41) is 11.6. The number of hydrogen-bond donors (Lipinski definition) is 1. The highest BCUT2D eigenvalue weighted by Crippen LogP contribution is 2.48. The van der Waals surface area contributed by atoms with Crippen LogP contribution in [-0.2, 0) is 36.8 Å². The number of thiophene rings is 1. The Morgan fingerprint density at radius 3 is 2.61 bits per heavy atom. The highest BCUT2D eigenvalue weighted by molar-refractivity contribution is 7.22. The van der Waals surface area contributed by atoms with Gasteiger partial charge in [0.2, 0.25) is 12.0 Å². The van der Waals surface area contributed by atoms with Crippen LogP contribution in [0, 0.1) is 18.2 Å². The number of aliphatic carboxylic acids is 1. The van der Waals surface area contributed by atoms with Gasteiger partial charge in [0.25, 0.3) is 0 Å². The third-order valence-corrected chi connectivity index (χ3v) is 15.2. The number of piperazine rings is 1. The van der Waals surface area contributed by atoms with Crippen molar-refractivity contribution in [1.82, 2.24) is 29.7 Å². The van der Waals surface area contributed by atoms with Crippen molar-refractivity contribution in [3.05, 3.63) is 112 Å². The maximum atomic E-state index is 15.8. The second-order valence-electron chi connectivity index (χ2n) is 18.8. The van der Waals surface area contributed by atoms with Crippen molar-refractivity contribution in [2.24, 2.45) is 0 Å². The van der Waals surface area contributed by atoms with Gasteiger partial charge in [0, 0.05) is 67.8 Å². The summed E-state index contributed by atoms with van der Waals surface area (Å²) < 4.78 is 73.1. The van der Waals surface area contributed by atoms with Gasteiger partial charge in [-0.15, -0.1) is 17.8 Å². The molecular formula is C55H59ClF2N6O9S. The number of likely N-dealkylation sites (N-methyl/N-ethyl adjacent to an activating group) is 1. The fourth-order valence-corrected chi connectivity index (χ4v) is 10.8. The number of hydrogen-bond acceptors (Lipinski definition) is 15. The summed E-state index contributed by atoms with van der Waals surface area (Å²) in [6.45, 7) is 9.41. The van der Waals surface area contributed by atoms with Gasteiger partial charge in [0.05, 0.1) is 49.1 Å². The number of nitrogens with zero attached hydrogens (tertiary/aromatic N) is 6. The Labute approximate surface area is 438 Å². The van der Waals surface area contributed by atoms with E-state index in [1.165, 1.54) is 29.8 Å². The third kappa shape index (κ3) is 12.7. The molecule has 3 aromatic heterocycles. The highest BCUT2D eigenvalue weighted by atomic mass is 35.5. The Morgan fingerprint density at radius 1 is 1.05 bits per heavy atom. The molecule has 0 amide bonds. The van der Waals surface area contributed by atoms with E-state index in [0.29, 0.717) is 99.6 Å². The van der Waals surface area contributed by atoms with Crippen LogP contribution in [0.1, 0.15) is 62.2 Å². The average molecular weight is 1050 g/mol. The second kappa shape index (κ2) is 24.1. The molecule has 2 aromatic carbocycles. The molecule has 15 nitrogen and oxygen atoms in total. The van der Waals surface area contributed by atoms with E-state index in [2.05, 4.69) is 37.7 Å². The lowest BCUT2D eigenvalue weighted by molar-refractivity contribution is -0.145. The number of allylic oxidation sites excluding steroid dienone is 6. The van der Waals surface area contributed by atoms with E-state index in [1.807, 2.05) is 19.9 Å². The number of fused-ring (bicyclic) bond motifs is 2. The van der Waals surface area contributed by atoms with Gasteiger partial charge in [0.1, 0.15) is 59.6 Å². The van der Waals surface area contributed by atoms with Crippen molar-refractivity contribution in [1.29, 1.82) is 0 Å². The van der Waals surface area contributed by atoms with Gasteiger partial charge < -0.3 is 43.2 Å². The molecule has 19 heteroatoms. The highest BCUT2D eigenvalue weighted by Gasteiger charge is 2.34. The van der Waals surface area contributed by atoms with E-state index < -0.39 is 29.7 Å². The van der Waals surface area contributed by atoms with Crippen LogP contribution in [0.25, 0.3) is 31.8 Å². The van der Waals surface area contributed by atoms with E-state index in [4.69, 9.17) is 56.2 Å². The molecule has 1 aliphatic carbocycles. The summed E-state index contributed by atoms with van der Waals surface area (Å²) in [7, 11) is 2.09. The molecule has 0 saturated carbocycles. The summed E-state index contributed by atoms with van der Waals surface area (Å²) in [6, 6.07) is 13.0. The first kappa shape index (κ1) is 52.8. The maximum absolute atomic E-state index is 15.8. The molecular weight excluding hydrogens is 994 g/mol. The Hall–Kier alpha value is -6.04. The number of carboxylic acid groups (broad SMARTS) is 1. The normalized spacial score (nSPS) is 24.4. The first-order chi connectivity index (χ1) is 35.9. The summed E-state index contributed by atoms with van der Waals surface area (Å²) in [6.07, 6.45) is 9.79. The lowest BCUT2D eigenvalue weighted by atomic mass is 9.87. The van der Waals surface area contributed by atoms with Gasteiger partial charge in [-0.1, -0.05) is 36.7 Å². The average Bonchev–Trinajstić information content (AvgIpc) is 3.80. The van der Waals surface area contributed by atoms with Crippen molar-refractivity contribution in [2.45, 2.75) is 76.5 Å². The van der Waals surface area contributed by atoms with Gasteiger partial charge in [0.15, 0.2) is 11.6 Å². The molecule has 9 rings (SSSR count). The van der Waals surface area contributed by atoms with Gasteiger partial charge in [-0.3, -0.25) is 4.90 Å². The summed E-state index contributed by atoms with van der Waals surface area (Å²) in [5.74, 6) is 2.44. The number of ether oxygens (including phenoxy) is 7. The SMILES string of the molecule is C#C/C1=C(Cl)\C(C)=C(/CC)c2c(-c3ccc(F)cc3)sc3ncnc(c23)O[C@@H](C(=O)O)Cc2cc(ccc2OCc2ccnc(C3=CC[C@@](F)(COC[C@@H]4COCCO4)CC3)n2)OC[C@@H](CN2CCN(C)CC2)O1. The third-order valence-electron chi connectivity index (χ3n) is 13.6. The van der Waals surface area contributed by atoms with Crippen LogP contribution < -0.4 is 14.2 Å². The van der Waals surface area contributed by atoms with Crippen LogP contribution in [0.5, 0.6) is 17.4 Å². The van der Waals surface area contributed by atoms with Gasteiger partial charge in [-0.05, 0) is 97.8 Å². The molecule has 0 unspecified atom stereocenters. The summed E-state index contributed by atoms with van der Waals surface area (Å²) in [4.78, 5) is 37.6. The molecule has 2 fully saturated rings. The zero-order valence-corrected chi connectivity index (χ0v) is 43.2. The maximum Gasteiger partial charge on any atom is 0.345 e. The molecule has 4 aliphatic rings. The standard InChI is InChI=1S/C55H59ClF2N6O9S/c1-5-43-34(3)49(56)44(6-2)72-41(27-64-21-19-63(4)20-22-64)31-70-40-11-12-45(71-28-39-15-18-59-51(62-39)36-13-16-55(58,17-14-36)32-68-30-42-29-67-23-24-69-42)37(25-40)26-46(54(65)66)73-52-48-47(43)50(74-53(48)61-33-60-52)35-7-9-38(57)10-8-35/h2,7-13,15,18,25,33,41-42,46H,5,14,16-17,19-24,26-32H2,1,3-4H3,(H,65,66)/b43-34+,49-44-/t41-,42+,46-,55+/m1/s1. The second-order valence-corrected chi connectivity index (χ2v) is 20.2. The van der Waals surface area contributed by atoms with E-state index in [1.54, 1.807) is 42.6 Å². The minimum absolute atomic E-state index is 0.00617. The number of halogens is 3. The van der Waals surface area contributed by atoms with Crippen molar-refractivity contribution >= 4 is 50.3 Å². The molecule has 4 atom stereocenters. The van der Waals surface area contributed by atoms with Crippen LogP contribution in [-0.4, -0.2) is 144 Å². The van der Waals surface area contributed by atoms with Crippen molar-refractivity contribution in [3.8, 4) is 40.2 Å². The number of aromatic nitrogens is 4. The number of rotatable bonds is 13. The summed E-state index contributed by atoms with van der Waals surface area (Å²) in [5.41, 5.74) is 2.99. The van der Waals surface area contributed by atoms with Gasteiger partial charge in [-0.25, -0.2) is 33.5 Å². The number of benzene rings is 2. The monoisotopic (exact) mass is 1050 g/mol.